The number of carbonyl (C=O) groups excluding carboxylic acids is 1. The van der Waals surface area contributed by atoms with Gasteiger partial charge in [-0.15, -0.1) is 11.3 Å². The normalized spacial score (nSPS) is 39.4. The first-order chi connectivity index (χ1) is 8.82. The van der Waals surface area contributed by atoms with Gasteiger partial charge in [-0.2, -0.15) is 0 Å². The summed E-state index contributed by atoms with van der Waals surface area (Å²) in [4.78, 5) is 16.3. The zero-order chi connectivity index (χ0) is 12.2. The molecule has 3 nitrogen and oxygen atoms in total. The molecule has 0 bridgehead atoms. The third kappa shape index (κ3) is 1.25. The Bertz CT molecular complexity index is 472. The van der Waals surface area contributed by atoms with Crippen molar-refractivity contribution in [3.05, 3.63) is 22.4 Å². The van der Waals surface area contributed by atoms with Crippen molar-refractivity contribution in [1.29, 1.82) is 0 Å². The van der Waals surface area contributed by atoms with E-state index in [1.807, 2.05) is 0 Å². The van der Waals surface area contributed by atoms with E-state index in [2.05, 4.69) is 22.4 Å². The largest absolute Gasteiger partial charge is 0.465 e. The third-order valence-corrected chi connectivity index (χ3v) is 6.00. The molecular formula is C14H17NO2S. The van der Waals surface area contributed by atoms with Gasteiger partial charge in [-0.05, 0) is 37.3 Å². The Labute approximate surface area is 111 Å². The van der Waals surface area contributed by atoms with Crippen LogP contribution in [0.5, 0.6) is 0 Å². The number of hydrogen-bond acceptors (Lipinski definition) is 4. The fraction of sp³-hybridized carbons (Fsp3) is 0.643. The topological polar surface area (TPSA) is 29.5 Å². The van der Waals surface area contributed by atoms with Crippen LogP contribution in [0.25, 0.3) is 0 Å². The molecule has 4 heterocycles. The summed E-state index contributed by atoms with van der Waals surface area (Å²) < 4.78 is 5.37. The van der Waals surface area contributed by atoms with E-state index in [-0.39, 0.29) is 11.4 Å². The standard InChI is InChI=1S/C14H17NO2S/c16-13-14(5-7-17-13)10(11-3-2-8-18-11)9-15-6-1-4-12(14)15/h2-3,8,10,12H,1,4-7,9H2/t10-,12+,14+/m1/s1. The molecular weight excluding hydrogens is 246 g/mol. The van der Waals surface area contributed by atoms with Crippen molar-refractivity contribution in [3.8, 4) is 0 Å². The summed E-state index contributed by atoms with van der Waals surface area (Å²) in [5, 5.41) is 2.12. The molecule has 0 aromatic carbocycles. The molecule has 4 rings (SSSR count). The first-order valence-electron chi connectivity index (χ1n) is 6.77. The van der Waals surface area contributed by atoms with Crippen LogP contribution in [0.2, 0.25) is 0 Å². The fourth-order valence-corrected chi connectivity index (χ4v) is 5.18. The Morgan fingerprint density at radius 2 is 2.44 bits per heavy atom. The first kappa shape index (κ1) is 11.0. The Morgan fingerprint density at radius 3 is 3.17 bits per heavy atom. The minimum atomic E-state index is -0.235. The van der Waals surface area contributed by atoms with Crippen molar-refractivity contribution in [2.45, 2.75) is 31.2 Å². The molecule has 1 aromatic heterocycles. The smallest absolute Gasteiger partial charge is 0.314 e. The zero-order valence-corrected chi connectivity index (χ0v) is 11.1. The van der Waals surface area contributed by atoms with Crippen molar-refractivity contribution in [1.82, 2.24) is 4.90 Å². The Balaban J connectivity index is 1.81. The van der Waals surface area contributed by atoms with Gasteiger partial charge < -0.3 is 4.74 Å². The van der Waals surface area contributed by atoms with Crippen LogP contribution in [0, 0.1) is 5.41 Å². The van der Waals surface area contributed by atoms with Crippen molar-refractivity contribution < 1.29 is 9.53 Å². The Hall–Kier alpha value is -0.870. The van der Waals surface area contributed by atoms with Crippen molar-refractivity contribution in [2.24, 2.45) is 5.41 Å². The summed E-state index contributed by atoms with van der Waals surface area (Å²) in [6, 6.07) is 4.71. The molecule has 4 heteroatoms. The molecule has 3 aliphatic heterocycles. The minimum Gasteiger partial charge on any atom is -0.465 e. The molecule has 3 fully saturated rings. The van der Waals surface area contributed by atoms with Gasteiger partial charge in [0, 0.05) is 23.4 Å². The molecule has 3 saturated heterocycles. The zero-order valence-electron chi connectivity index (χ0n) is 10.3. The first-order valence-corrected chi connectivity index (χ1v) is 7.65. The van der Waals surface area contributed by atoms with Crippen LogP contribution in [-0.2, 0) is 9.53 Å². The molecule has 0 unspecified atom stereocenters. The van der Waals surface area contributed by atoms with Crippen LogP contribution in [0.15, 0.2) is 17.5 Å². The lowest BCUT2D eigenvalue weighted by atomic mass is 9.70. The highest BCUT2D eigenvalue weighted by Gasteiger charge is 2.63. The number of cyclic esters (lactones) is 1. The van der Waals surface area contributed by atoms with E-state index in [0.717, 1.165) is 25.9 Å². The number of ether oxygens (including phenoxy) is 1. The summed E-state index contributed by atoms with van der Waals surface area (Å²) >= 11 is 1.79. The van der Waals surface area contributed by atoms with Crippen molar-refractivity contribution >= 4 is 17.3 Å². The summed E-state index contributed by atoms with van der Waals surface area (Å²) in [6.45, 7) is 2.81. The van der Waals surface area contributed by atoms with Gasteiger partial charge in [0.2, 0.25) is 0 Å². The number of thiophene rings is 1. The van der Waals surface area contributed by atoms with E-state index in [9.17, 15) is 4.79 Å². The number of rotatable bonds is 1. The van der Waals surface area contributed by atoms with Gasteiger partial charge in [-0.25, -0.2) is 0 Å². The second-order valence-electron chi connectivity index (χ2n) is 5.65. The van der Waals surface area contributed by atoms with Crippen LogP contribution in [0.4, 0.5) is 0 Å². The van der Waals surface area contributed by atoms with Gasteiger partial charge in [-0.1, -0.05) is 6.07 Å². The maximum Gasteiger partial charge on any atom is 0.314 e. The average molecular weight is 263 g/mol. The minimum absolute atomic E-state index is 0.0651. The average Bonchev–Trinajstić information content (AvgIpc) is 3.09. The van der Waals surface area contributed by atoms with Crippen LogP contribution < -0.4 is 0 Å². The van der Waals surface area contributed by atoms with E-state index < -0.39 is 0 Å². The number of esters is 1. The van der Waals surface area contributed by atoms with E-state index in [4.69, 9.17) is 4.74 Å². The molecule has 1 spiro atoms. The molecule has 0 amide bonds. The fourth-order valence-electron chi connectivity index (χ4n) is 4.26. The van der Waals surface area contributed by atoms with Crippen molar-refractivity contribution in [2.75, 3.05) is 19.7 Å². The Kier molecular flexibility index (Phi) is 2.33. The van der Waals surface area contributed by atoms with Crippen LogP contribution in [-0.4, -0.2) is 36.6 Å². The van der Waals surface area contributed by atoms with Crippen LogP contribution in [0.3, 0.4) is 0 Å². The summed E-state index contributed by atoms with van der Waals surface area (Å²) in [5.41, 5.74) is -0.235. The van der Waals surface area contributed by atoms with E-state index in [1.165, 1.54) is 11.3 Å². The molecule has 18 heavy (non-hydrogen) atoms. The van der Waals surface area contributed by atoms with E-state index in [1.54, 1.807) is 11.3 Å². The number of carbonyl (C=O) groups is 1. The summed E-state index contributed by atoms with van der Waals surface area (Å²) in [5.74, 6) is 0.424. The van der Waals surface area contributed by atoms with Gasteiger partial charge in [0.15, 0.2) is 0 Å². The van der Waals surface area contributed by atoms with Gasteiger partial charge in [0.25, 0.3) is 0 Å². The molecule has 0 radical (unpaired) electrons. The molecule has 0 saturated carbocycles. The van der Waals surface area contributed by atoms with Gasteiger partial charge in [-0.3, -0.25) is 9.69 Å². The van der Waals surface area contributed by atoms with E-state index >= 15 is 0 Å². The Morgan fingerprint density at radius 1 is 1.50 bits per heavy atom. The predicted octanol–water partition coefficient (Wildman–Crippen LogP) is 2.24. The van der Waals surface area contributed by atoms with Gasteiger partial charge in [0.1, 0.15) is 0 Å². The summed E-state index contributed by atoms with van der Waals surface area (Å²) in [6.07, 6.45) is 3.31. The maximum absolute atomic E-state index is 12.4. The number of hydrogen-bond donors (Lipinski definition) is 0. The SMILES string of the molecule is O=C1OCC[C@@]12[C@@H](c1cccs1)CN1CCC[C@H]12. The molecule has 0 N–H and O–H groups in total. The second kappa shape index (κ2) is 3.81. The molecule has 3 atom stereocenters. The molecule has 3 aliphatic rings. The van der Waals surface area contributed by atoms with Crippen LogP contribution in [0.1, 0.15) is 30.1 Å². The van der Waals surface area contributed by atoms with E-state index in [0.29, 0.717) is 18.6 Å². The quantitative estimate of drug-likeness (QED) is 0.728. The van der Waals surface area contributed by atoms with Gasteiger partial charge >= 0.3 is 5.97 Å². The monoisotopic (exact) mass is 263 g/mol. The lowest BCUT2D eigenvalue weighted by Gasteiger charge is -2.30. The molecule has 96 valence electrons. The number of fused-ring (bicyclic) bond motifs is 2. The lowest BCUT2D eigenvalue weighted by molar-refractivity contribution is -0.147. The predicted molar refractivity (Wildman–Crippen MR) is 69.7 cm³/mol. The number of nitrogens with zero attached hydrogens (tertiary/aromatic N) is 1. The highest BCUT2D eigenvalue weighted by molar-refractivity contribution is 7.10. The van der Waals surface area contributed by atoms with Crippen molar-refractivity contribution in [3.63, 3.8) is 0 Å². The third-order valence-electron chi connectivity index (χ3n) is 5.01. The lowest BCUT2D eigenvalue weighted by Crippen LogP contribution is -2.41. The summed E-state index contributed by atoms with van der Waals surface area (Å²) in [7, 11) is 0. The highest BCUT2D eigenvalue weighted by Crippen LogP contribution is 2.56. The van der Waals surface area contributed by atoms with Crippen LogP contribution >= 0.6 is 11.3 Å². The maximum atomic E-state index is 12.4. The molecule has 1 aromatic rings. The molecule has 0 aliphatic carbocycles. The highest BCUT2D eigenvalue weighted by atomic mass is 32.1. The second-order valence-corrected chi connectivity index (χ2v) is 6.63. The van der Waals surface area contributed by atoms with Gasteiger partial charge in [0.05, 0.1) is 12.0 Å².